The molecule has 1 unspecified atom stereocenters. The van der Waals surface area contributed by atoms with E-state index in [-0.39, 0.29) is 28.8 Å². The molecule has 0 saturated carbocycles. The number of hydrogen-bond donors (Lipinski definition) is 0. The van der Waals surface area contributed by atoms with Gasteiger partial charge in [0.1, 0.15) is 10.4 Å². The van der Waals surface area contributed by atoms with Gasteiger partial charge in [-0.3, -0.25) is 9.69 Å². The van der Waals surface area contributed by atoms with Crippen molar-refractivity contribution in [3.63, 3.8) is 0 Å². The Balaban J connectivity index is 1.23. The number of rotatable bonds is 5. The topological polar surface area (TPSA) is 99.8 Å². The molecule has 0 N–H and O–H groups in total. The molecule has 9 nitrogen and oxygen atoms in total. The Kier molecular flexibility index (Phi) is 6.13. The Hall–Kier alpha value is -2.82. The molecule has 2 saturated heterocycles. The normalized spacial score (nSPS) is 20.8. The Bertz CT molecular complexity index is 1220. The van der Waals surface area contributed by atoms with Gasteiger partial charge in [-0.05, 0) is 40.9 Å². The van der Waals surface area contributed by atoms with Gasteiger partial charge in [-0.15, -0.1) is 0 Å². The zero-order valence-electron chi connectivity index (χ0n) is 18.3. The fraction of sp³-hybridized carbons (Fsp3) is 0.435. The van der Waals surface area contributed by atoms with Crippen LogP contribution in [0.15, 0.2) is 58.1 Å². The first-order valence-corrected chi connectivity index (χ1v) is 12.7. The molecule has 2 aliphatic rings. The van der Waals surface area contributed by atoms with Crippen molar-refractivity contribution in [1.82, 2.24) is 24.4 Å². The second-order valence-corrected chi connectivity index (χ2v) is 10.6. The molecule has 5 rings (SSSR count). The SMILES string of the molecule is O=C(C1CCCN(S(=O)(=O)c2cccc3nonc23)C1)N1CCN(Cc2ccccc2)CC1. The molecule has 1 amide bonds. The molecule has 10 heteroatoms. The maximum atomic E-state index is 13.3. The largest absolute Gasteiger partial charge is 0.340 e. The number of carbonyl (C=O) groups is 1. The van der Waals surface area contributed by atoms with Crippen molar-refractivity contribution >= 4 is 27.0 Å². The zero-order valence-corrected chi connectivity index (χ0v) is 19.2. The summed E-state index contributed by atoms with van der Waals surface area (Å²) >= 11 is 0. The van der Waals surface area contributed by atoms with Crippen LogP contribution in [0.4, 0.5) is 0 Å². The van der Waals surface area contributed by atoms with Crippen LogP contribution < -0.4 is 0 Å². The van der Waals surface area contributed by atoms with Gasteiger partial charge >= 0.3 is 0 Å². The van der Waals surface area contributed by atoms with Crippen LogP contribution in [0.2, 0.25) is 0 Å². The lowest BCUT2D eigenvalue weighted by atomic mass is 9.97. The summed E-state index contributed by atoms with van der Waals surface area (Å²) in [5, 5.41) is 7.51. The highest BCUT2D eigenvalue weighted by molar-refractivity contribution is 7.89. The van der Waals surface area contributed by atoms with Crippen LogP contribution in [0.25, 0.3) is 11.0 Å². The van der Waals surface area contributed by atoms with Crippen LogP contribution in [-0.2, 0) is 21.4 Å². The van der Waals surface area contributed by atoms with Gasteiger partial charge in [0.25, 0.3) is 0 Å². The summed E-state index contributed by atoms with van der Waals surface area (Å²) < 4.78 is 32.8. The molecule has 174 valence electrons. The van der Waals surface area contributed by atoms with Crippen molar-refractivity contribution in [3.8, 4) is 0 Å². The quantitative estimate of drug-likeness (QED) is 0.563. The Labute approximate surface area is 193 Å². The molecular weight excluding hydrogens is 442 g/mol. The maximum absolute atomic E-state index is 13.3. The standard InChI is InChI=1S/C23H27N5O4S/c29-23(27-14-12-26(13-15-27)16-18-6-2-1-3-7-18)19-8-5-11-28(17-19)33(30,31)21-10-4-9-20-22(21)25-32-24-20/h1-4,6-7,9-10,19H,5,8,11-17H2. The summed E-state index contributed by atoms with van der Waals surface area (Å²) in [6.07, 6.45) is 1.35. The highest BCUT2D eigenvalue weighted by Gasteiger charge is 2.37. The number of carbonyl (C=O) groups excluding carboxylic acids is 1. The molecule has 0 spiro atoms. The van der Waals surface area contributed by atoms with Crippen LogP contribution >= 0.6 is 0 Å². The van der Waals surface area contributed by atoms with Crippen LogP contribution in [0.5, 0.6) is 0 Å². The monoisotopic (exact) mass is 469 g/mol. The highest BCUT2D eigenvalue weighted by Crippen LogP contribution is 2.28. The van der Waals surface area contributed by atoms with Gasteiger partial charge in [0.15, 0.2) is 5.52 Å². The predicted octanol–water partition coefficient (Wildman–Crippen LogP) is 1.97. The summed E-state index contributed by atoms with van der Waals surface area (Å²) in [5.41, 5.74) is 1.89. The number of hydrogen-bond acceptors (Lipinski definition) is 7. The van der Waals surface area contributed by atoms with E-state index < -0.39 is 10.0 Å². The number of fused-ring (bicyclic) bond motifs is 1. The number of benzene rings is 2. The molecule has 1 aromatic heterocycles. The van der Waals surface area contributed by atoms with Gasteiger partial charge in [-0.25, -0.2) is 13.0 Å². The Morgan fingerprint density at radius 2 is 1.76 bits per heavy atom. The first-order valence-electron chi connectivity index (χ1n) is 11.3. The number of piperidine rings is 1. The van der Waals surface area contributed by atoms with Crippen molar-refractivity contribution < 1.29 is 17.8 Å². The van der Waals surface area contributed by atoms with Crippen molar-refractivity contribution in [2.75, 3.05) is 39.3 Å². The molecular formula is C23H27N5O4S. The third-order valence-electron chi connectivity index (χ3n) is 6.53. The van der Waals surface area contributed by atoms with Gasteiger partial charge in [0.2, 0.25) is 15.9 Å². The third-order valence-corrected chi connectivity index (χ3v) is 8.43. The van der Waals surface area contributed by atoms with Crippen molar-refractivity contribution in [2.45, 2.75) is 24.3 Å². The number of sulfonamides is 1. The van der Waals surface area contributed by atoms with E-state index >= 15 is 0 Å². The molecule has 2 fully saturated rings. The summed E-state index contributed by atoms with van der Waals surface area (Å²) in [4.78, 5) is 17.6. The number of piperazine rings is 1. The van der Waals surface area contributed by atoms with Crippen LogP contribution in [-0.4, -0.2) is 78.0 Å². The van der Waals surface area contributed by atoms with Crippen LogP contribution in [0.1, 0.15) is 18.4 Å². The Morgan fingerprint density at radius 3 is 2.55 bits per heavy atom. The smallest absolute Gasteiger partial charge is 0.245 e. The molecule has 1 atom stereocenters. The first-order chi connectivity index (χ1) is 16.0. The van der Waals surface area contributed by atoms with Crippen LogP contribution in [0, 0.1) is 5.92 Å². The van der Waals surface area contributed by atoms with Gasteiger partial charge < -0.3 is 4.90 Å². The van der Waals surface area contributed by atoms with E-state index in [2.05, 4.69) is 27.3 Å². The second kappa shape index (κ2) is 9.20. The summed E-state index contributed by atoms with van der Waals surface area (Å²) in [6.45, 7) is 4.41. The lowest BCUT2D eigenvalue weighted by molar-refractivity contribution is -0.138. The number of aromatic nitrogens is 2. The molecule has 0 aliphatic carbocycles. The lowest BCUT2D eigenvalue weighted by Crippen LogP contribution is -2.52. The van der Waals surface area contributed by atoms with E-state index in [4.69, 9.17) is 4.63 Å². The molecule has 0 bridgehead atoms. The van der Waals surface area contributed by atoms with Crippen LogP contribution in [0.3, 0.4) is 0 Å². The maximum Gasteiger partial charge on any atom is 0.245 e. The highest BCUT2D eigenvalue weighted by atomic mass is 32.2. The minimum atomic E-state index is -3.81. The lowest BCUT2D eigenvalue weighted by Gasteiger charge is -2.38. The van der Waals surface area contributed by atoms with E-state index in [0.29, 0.717) is 38.0 Å². The average molecular weight is 470 g/mol. The van der Waals surface area contributed by atoms with E-state index in [1.54, 1.807) is 12.1 Å². The van der Waals surface area contributed by atoms with Crippen molar-refractivity contribution in [3.05, 3.63) is 54.1 Å². The fourth-order valence-corrected chi connectivity index (χ4v) is 6.38. The van der Waals surface area contributed by atoms with E-state index in [1.165, 1.54) is 15.9 Å². The molecule has 3 heterocycles. The molecule has 0 radical (unpaired) electrons. The van der Waals surface area contributed by atoms with E-state index in [0.717, 1.165) is 19.6 Å². The first kappa shape index (κ1) is 22.0. The number of nitrogens with zero attached hydrogens (tertiary/aromatic N) is 5. The van der Waals surface area contributed by atoms with E-state index in [9.17, 15) is 13.2 Å². The molecule has 3 aromatic rings. The fourth-order valence-electron chi connectivity index (χ4n) is 4.72. The summed E-state index contributed by atoms with van der Waals surface area (Å²) in [6, 6.07) is 15.1. The average Bonchev–Trinajstić information content (AvgIpc) is 3.34. The Morgan fingerprint density at radius 1 is 0.970 bits per heavy atom. The zero-order chi connectivity index (χ0) is 22.8. The van der Waals surface area contributed by atoms with Crippen molar-refractivity contribution in [2.24, 2.45) is 5.92 Å². The molecule has 33 heavy (non-hydrogen) atoms. The number of amides is 1. The predicted molar refractivity (Wildman–Crippen MR) is 122 cm³/mol. The van der Waals surface area contributed by atoms with E-state index in [1.807, 2.05) is 23.1 Å². The van der Waals surface area contributed by atoms with Crippen molar-refractivity contribution in [1.29, 1.82) is 0 Å². The molecule has 2 aromatic carbocycles. The third kappa shape index (κ3) is 4.50. The minimum Gasteiger partial charge on any atom is -0.340 e. The summed E-state index contributed by atoms with van der Waals surface area (Å²) in [5.74, 6) is -0.278. The van der Waals surface area contributed by atoms with Gasteiger partial charge in [-0.1, -0.05) is 36.4 Å². The van der Waals surface area contributed by atoms with Gasteiger partial charge in [0.05, 0.1) is 5.92 Å². The second-order valence-electron chi connectivity index (χ2n) is 8.68. The molecule has 2 aliphatic heterocycles. The summed E-state index contributed by atoms with van der Waals surface area (Å²) in [7, 11) is -3.81. The van der Waals surface area contributed by atoms with Gasteiger partial charge in [0, 0.05) is 45.8 Å². The van der Waals surface area contributed by atoms with Gasteiger partial charge in [-0.2, -0.15) is 4.31 Å². The minimum absolute atomic E-state index is 0.0515.